The zero-order chi connectivity index (χ0) is 26.2. The molecule has 0 fully saturated rings. The molecular formula is C14H20F13N2O2S+. The molecule has 4 nitrogen and oxygen atoms in total. The van der Waals surface area contributed by atoms with Crippen molar-refractivity contribution in [3.63, 3.8) is 0 Å². The summed E-state index contributed by atoms with van der Waals surface area (Å²) in [6, 6.07) is 0. The number of hydrogen-bond donors (Lipinski definition) is 1. The van der Waals surface area contributed by atoms with E-state index in [0.717, 1.165) is 0 Å². The first-order valence-corrected chi connectivity index (χ1v) is 10.1. The molecule has 0 saturated heterocycles. The molecule has 0 atom stereocenters. The van der Waals surface area contributed by atoms with Crippen molar-refractivity contribution in [2.24, 2.45) is 0 Å². The number of hydrogen-bond acceptors (Lipinski definition) is 2. The first-order chi connectivity index (χ1) is 13.7. The summed E-state index contributed by atoms with van der Waals surface area (Å²) in [4.78, 5) is 0. The number of quaternary nitrogens is 1. The summed E-state index contributed by atoms with van der Waals surface area (Å²) >= 11 is 0. The SMILES string of the molecule is C[N+](C)(C)CCCNS(=O)(=O)CCC(F)(F)C(F)(F)C(F)(F)C(F)(F)C(F)(F)C(F)(F)F. The van der Waals surface area contributed by atoms with Crippen LogP contribution < -0.4 is 4.72 Å². The van der Waals surface area contributed by atoms with Crippen molar-refractivity contribution in [2.45, 2.75) is 48.6 Å². The highest BCUT2D eigenvalue weighted by molar-refractivity contribution is 7.89. The molecule has 0 radical (unpaired) electrons. The lowest BCUT2D eigenvalue weighted by molar-refractivity contribution is -0.870. The van der Waals surface area contributed by atoms with E-state index in [1.165, 1.54) is 0 Å². The second kappa shape index (κ2) is 8.96. The molecule has 0 bridgehead atoms. The molecule has 0 amide bonds. The van der Waals surface area contributed by atoms with Crippen LogP contribution in [0, 0.1) is 0 Å². The molecule has 0 aromatic rings. The van der Waals surface area contributed by atoms with Crippen molar-refractivity contribution < 1.29 is 70.0 Å². The molecule has 0 aromatic carbocycles. The smallest absolute Gasteiger partial charge is 0.331 e. The quantitative estimate of drug-likeness (QED) is 0.236. The van der Waals surface area contributed by atoms with E-state index in [9.17, 15) is 65.5 Å². The van der Waals surface area contributed by atoms with Crippen LogP contribution in [0.15, 0.2) is 0 Å². The van der Waals surface area contributed by atoms with Crippen LogP contribution in [-0.2, 0) is 10.0 Å². The number of sulfonamides is 1. The molecule has 0 spiro atoms. The number of alkyl halides is 13. The Labute approximate surface area is 174 Å². The van der Waals surface area contributed by atoms with E-state index in [1.54, 1.807) is 25.9 Å². The molecule has 0 rings (SSSR count). The van der Waals surface area contributed by atoms with Gasteiger partial charge in [0, 0.05) is 19.4 Å². The third-order valence-electron chi connectivity index (χ3n) is 4.01. The zero-order valence-corrected chi connectivity index (χ0v) is 17.4. The molecular weight excluding hydrogens is 507 g/mol. The molecule has 0 aliphatic heterocycles. The lowest BCUT2D eigenvalue weighted by atomic mass is 9.93. The van der Waals surface area contributed by atoms with Crippen molar-refractivity contribution >= 4 is 10.0 Å². The maximum Gasteiger partial charge on any atom is 0.460 e. The Kier molecular flexibility index (Phi) is 8.67. The third-order valence-corrected chi connectivity index (χ3v) is 5.40. The molecule has 32 heavy (non-hydrogen) atoms. The summed E-state index contributed by atoms with van der Waals surface area (Å²) in [6.07, 6.45) is -10.2. The summed E-state index contributed by atoms with van der Waals surface area (Å²) in [6.45, 7) is -0.0721. The van der Waals surface area contributed by atoms with Crippen molar-refractivity contribution in [1.82, 2.24) is 4.72 Å². The normalized spacial score (nSPS) is 15.9. The molecule has 194 valence electrons. The van der Waals surface area contributed by atoms with Gasteiger partial charge in [-0.1, -0.05) is 0 Å². The average Bonchev–Trinajstić information content (AvgIpc) is 2.54. The molecule has 18 heteroatoms. The Balaban J connectivity index is 5.60. The summed E-state index contributed by atoms with van der Waals surface area (Å²) < 4.78 is 194. The maximum atomic E-state index is 13.6. The van der Waals surface area contributed by atoms with Gasteiger partial charge < -0.3 is 4.48 Å². The summed E-state index contributed by atoms with van der Waals surface area (Å²) in [5.74, 6) is -39.7. The van der Waals surface area contributed by atoms with E-state index in [4.69, 9.17) is 0 Å². The minimum absolute atomic E-state index is 0.103. The topological polar surface area (TPSA) is 46.2 Å². The second-order valence-electron chi connectivity index (χ2n) is 7.83. The van der Waals surface area contributed by atoms with Gasteiger partial charge in [-0.25, -0.2) is 13.1 Å². The lowest BCUT2D eigenvalue weighted by Gasteiger charge is -2.39. The van der Waals surface area contributed by atoms with Crippen molar-refractivity contribution in [3.8, 4) is 0 Å². The first kappa shape index (κ1) is 31.0. The molecule has 0 saturated carbocycles. The van der Waals surface area contributed by atoms with E-state index < -0.39 is 64.5 Å². The Bertz CT molecular complexity index is 743. The number of nitrogens with one attached hydrogen (secondary N) is 1. The zero-order valence-electron chi connectivity index (χ0n) is 16.6. The fraction of sp³-hybridized carbons (Fsp3) is 1.00. The number of nitrogens with zero attached hydrogens (tertiary/aromatic N) is 1. The fourth-order valence-corrected chi connectivity index (χ4v) is 3.20. The van der Waals surface area contributed by atoms with E-state index in [-0.39, 0.29) is 6.42 Å². The van der Waals surface area contributed by atoms with Crippen molar-refractivity contribution in [3.05, 3.63) is 0 Å². The van der Waals surface area contributed by atoms with Gasteiger partial charge in [0.15, 0.2) is 0 Å². The van der Waals surface area contributed by atoms with Crippen LogP contribution in [0.5, 0.6) is 0 Å². The summed E-state index contributed by atoms with van der Waals surface area (Å²) in [7, 11) is 0.213. The van der Waals surface area contributed by atoms with Crippen LogP contribution in [-0.4, -0.2) is 88.7 Å². The maximum absolute atomic E-state index is 13.6. The molecule has 1 N–H and O–H groups in total. The number of rotatable bonds is 12. The minimum Gasteiger partial charge on any atom is -0.331 e. The third kappa shape index (κ3) is 6.30. The Hall–Kier alpha value is -1.04. The van der Waals surface area contributed by atoms with Crippen LogP contribution in [0.2, 0.25) is 0 Å². The van der Waals surface area contributed by atoms with Gasteiger partial charge in [-0.05, 0) is 0 Å². The predicted octanol–water partition coefficient (Wildman–Crippen LogP) is 4.13. The van der Waals surface area contributed by atoms with Crippen LogP contribution in [0.1, 0.15) is 12.8 Å². The van der Waals surface area contributed by atoms with Crippen molar-refractivity contribution in [1.29, 1.82) is 0 Å². The van der Waals surface area contributed by atoms with Crippen LogP contribution in [0.4, 0.5) is 57.1 Å². The minimum atomic E-state index is -8.01. The number of halogens is 13. The molecule has 0 aliphatic carbocycles. The molecule has 0 unspecified atom stereocenters. The highest BCUT2D eigenvalue weighted by Crippen LogP contribution is 2.60. The van der Waals surface area contributed by atoms with Gasteiger partial charge in [-0.2, -0.15) is 57.1 Å². The van der Waals surface area contributed by atoms with Gasteiger partial charge in [0.2, 0.25) is 10.0 Å². The second-order valence-corrected chi connectivity index (χ2v) is 9.76. The van der Waals surface area contributed by atoms with Gasteiger partial charge in [-0.15, -0.1) is 0 Å². The average molecular weight is 527 g/mol. The van der Waals surface area contributed by atoms with Gasteiger partial charge in [0.05, 0.1) is 33.4 Å². The molecule has 0 aliphatic rings. The van der Waals surface area contributed by atoms with E-state index >= 15 is 0 Å². The van der Waals surface area contributed by atoms with Crippen molar-refractivity contribution in [2.75, 3.05) is 40.0 Å². The first-order valence-electron chi connectivity index (χ1n) is 8.40. The Morgan fingerprint density at radius 3 is 1.47 bits per heavy atom. The van der Waals surface area contributed by atoms with Gasteiger partial charge in [-0.3, -0.25) is 0 Å². The Morgan fingerprint density at radius 2 is 1.09 bits per heavy atom. The van der Waals surface area contributed by atoms with Crippen LogP contribution in [0.3, 0.4) is 0 Å². The monoisotopic (exact) mass is 527 g/mol. The van der Waals surface area contributed by atoms with Gasteiger partial charge in [0.25, 0.3) is 0 Å². The highest BCUT2D eigenvalue weighted by atomic mass is 32.2. The van der Waals surface area contributed by atoms with Crippen LogP contribution in [0.25, 0.3) is 0 Å². The Morgan fingerprint density at radius 1 is 0.688 bits per heavy atom. The predicted molar refractivity (Wildman–Crippen MR) is 84.7 cm³/mol. The fourth-order valence-electron chi connectivity index (χ4n) is 2.07. The lowest BCUT2D eigenvalue weighted by Crippen LogP contribution is -2.70. The summed E-state index contributed by atoms with van der Waals surface area (Å²) in [5.41, 5.74) is 0. The van der Waals surface area contributed by atoms with E-state index in [1.807, 2.05) is 0 Å². The summed E-state index contributed by atoms with van der Waals surface area (Å²) in [5, 5.41) is 0. The van der Waals surface area contributed by atoms with Gasteiger partial charge >= 0.3 is 35.8 Å². The molecule has 0 aromatic heterocycles. The highest BCUT2D eigenvalue weighted by Gasteiger charge is 2.90. The molecule has 0 heterocycles. The van der Waals surface area contributed by atoms with Crippen LogP contribution >= 0.6 is 0 Å². The standard InChI is InChI=1S/C14H20F13N2O2S/c1-29(2,3)7-4-6-28-32(30,31)8-5-9(15,16)10(17,18)11(19,20)12(21,22)13(23,24)14(25,26)27/h28H,4-8H2,1-3H3/q+1. The largest absolute Gasteiger partial charge is 0.460 e. The van der Waals surface area contributed by atoms with Gasteiger partial charge in [0.1, 0.15) is 0 Å². The van der Waals surface area contributed by atoms with E-state index in [2.05, 4.69) is 0 Å². The van der Waals surface area contributed by atoms with E-state index in [0.29, 0.717) is 11.0 Å².